The zero-order chi connectivity index (χ0) is 41.7. The van der Waals surface area contributed by atoms with Crippen LogP contribution in [0.15, 0.2) is 235 Å². The van der Waals surface area contributed by atoms with Gasteiger partial charge < -0.3 is 4.42 Å². The van der Waals surface area contributed by atoms with Gasteiger partial charge in [-0.3, -0.25) is 0 Å². The van der Waals surface area contributed by atoms with Crippen molar-refractivity contribution in [1.29, 1.82) is 0 Å². The summed E-state index contributed by atoms with van der Waals surface area (Å²) in [6, 6.07) is 81.7. The fourth-order valence-corrected chi connectivity index (χ4v) is 9.31. The molecular weight excluding hydrogens is 765 g/mol. The van der Waals surface area contributed by atoms with Crippen molar-refractivity contribution in [3.05, 3.63) is 231 Å². The topological polar surface area (TPSA) is 38.9 Å². The number of nitrogens with zero attached hydrogens (tertiary/aromatic N) is 2. The Bertz CT molecular complexity index is 3610. The molecule has 0 aliphatic heterocycles. The normalized spacial score (nSPS) is 11.5. The zero-order valence-electron chi connectivity index (χ0n) is 34.2. The Labute approximate surface area is 365 Å². The molecule has 12 rings (SSSR count). The molecule has 0 aliphatic carbocycles. The maximum Gasteiger partial charge on any atom is 0.160 e. The van der Waals surface area contributed by atoms with Crippen LogP contribution in [0.2, 0.25) is 0 Å². The third kappa shape index (κ3) is 6.46. The first-order valence-electron chi connectivity index (χ1n) is 21.4. The van der Waals surface area contributed by atoms with Crippen molar-refractivity contribution >= 4 is 43.3 Å². The minimum absolute atomic E-state index is 0.673. The Hall–Kier alpha value is -8.40. The van der Waals surface area contributed by atoms with Crippen molar-refractivity contribution in [2.24, 2.45) is 0 Å². The number of fused-ring (bicyclic) bond motifs is 5. The lowest BCUT2D eigenvalue weighted by Gasteiger charge is -2.19. The molecule has 63 heavy (non-hydrogen) atoms. The first kappa shape index (κ1) is 36.5. The van der Waals surface area contributed by atoms with E-state index in [0.717, 1.165) is 61.5 Å². The van der Waals surface area contributed by atoms with Gasteiger partial charge in [0.2, 0.25) is 0 Å². The third-order valence-electron chi connectivity index (χ3n) is 12.3. The molecule has 10 aromatic carbocycles. The first-order chi connectivity index (χ1) is 31.2. The van der Waals surface area contributed by atoms with Crippen LogP contribution in [0, 0.1) is 0 Å². The molecule has 0 spiro atoms. The van der Waals surface area contributed by atoms with E-state index < -0.39 is 0 Å². The summed E-state index contributed by atoms with van der Waals surface area (Å²) >= 11 is 0. The van der Waals surface area contributed by atoms with Crippen molar-refractivity contribution in [3.63, 3.8) is 0 Å². The average molecular weight is 803 g/mol. The second-order valence-electron chi connectivity index (χ2n) is 16.0. The Morgan fingerprint density at radius 3 is 1.54 bits per heavy atom. The number of aromatic nitrogens is 2. The standard InChI is InChI=1S/C60H38N2O/c1-3-16-43(17-4-1)57-50-24-12-13-25-51(50)58(59-47-21-9-7-15-41(47)35-36-52(57)59)44-33-29-40(30-34-44)39-27-31-42(32-28-39)53-38-54(62-60(61-53)45-18-5-2-6-19-45)48-22-10-11-23-49(48)56-37-46-20-8-14-26-55(46)63-56/h1-38H. The predicted molar refractivity (Wildman–Crippen MR) is 262 cm³/mol. The van der Waals surface area contributed by atoms with Gasteiger partial charge in [0.15, 0.2) is 5.82 Å². The van der Waals surface area contributed by atoms with Gasteiger partial charge in [-0.2, -0.15) is 0 Å². The smallest absolute Gasteiger partial charge is 0.160 e. The van der Waals surface area contributed by atoms with Gasteiger partial charge in [-0.25, -0.2) is 9.97 Å². The van der Waals surface area contributed by atoms with E-state index in [1.807, 2.05) is 42.5 Å². The highest BCUT2D eigenvalue weighted by Gasteiger charge is 2.20. The van der Waals surface area contributed by atoms with Crippen LogP contribution in [-0.4, -0.2) is 9.97 Å². The summed E-state index contributed by atoms with van der Waals surface area (Å²) in [6.45, 7) is 0. The molecule has 0 fully saturated rings. The minimum Gasteiger partial charge on any atom is -0.456 e. The summed E-state index contributed by atoms with van der Waals surface area (Å²) in [5, 5.41) is 8.60. The van der Waals surface area contributed by atoms with Gasteiger partial charge in [0, 0.05) is 27.6 Å². The maximum atomic E-state index is 6.37. The zero-order valence-corrected chi connectivity index (χ0v) is 34.2. The van der Waals surface area contributed by atoms with E-state index >= 15 is 0 Å². The van der Waals surface area contributed by atoms with E-state index in [0.29, 0.717) is 5.82 Å². The van der Waals surface area contributed by atoms with Crippen molar-refractivity contribution in [2.75, 3.05) is 0 Å². The van der Waals surface area contributed by atoms with Gasteiger partial charge in [0.1, 0.15) is 11.3 Å². The summed E-state index contributed by atoms with van der Waals surface area (Å²) in [5.74, 6) is 1.48. The van der Waals surface area contributed by atoms with Crippen molar-refractivity contribution in [2.45, 2.75) is 0 Å². The monoisotopic (exact) mass is 802 g/mol. The SMILES string of the molecule is c1ccc(-c2nc(-c3ccc(-c4ccc(-c5c6ccccc6c(-c6ccccc6)c6ccc7ccccc7c56)cc4)cc3)cc(-c3ccccc3-c3cc4ccccc4o3)n2)cc1. The minimum atomic E-state index is 0.673. The Morgan fingerprint density at radius 1 is 0.302 bits per heavy atom. The molecule has 0 atom stereocenters. The average Bonchev–Trinajstić information content (AvgIpc) is 3.81. The number of furan rings is 1. The molecule has 0 bridgehead atoms. The van der Waals surface area contributed by atoms with Crippen molar-refractivity contribution in [3.8, 4) is 78.6 Å². The van der Waals surface area contributed by atoms with Crippen LogP contribution in [-0.2, 0) is 0 Å². The lowest BCUT2D eigenvalue weighted by atomic mass is 9.84. The lowest BCUT2D eigenvalue weighted by Crippen LogP contribution is -1.97. The van der Waals surface area contributed by atoms with Crippen LogP contribution in [0.3, 0.4) is 0 Å². The Kier molecular flexibility index (Phi) is 8.83. The van der Waals surface area contributed by atoms with Crippen LogP contribution in [0.1, 0.15) is 0 Å². The van der Waals surface area contributed by atoms with E-state index in [1.165, 1.54) is 54.6 Å². The van der Waals surface area contributed by atoms with Crippen LogP contribution in [0.5, 0.6) is 0 Å². The molecule has 0 amide bonds. The molecule has 0 N–H and O–H groups in total. The quantitative estimate of drug-likeness (QED) is 0.119. The number of rotatable bonds is 7. The number of benzene rings is 10. The third-order valence-corrected chi connectivity index (χ3v) is 12.3. The molecule has 294 valence electrons. The van der Waals surface area contributed by atoms with Gasteiger partial charge >= 0.3 is 0 Å². The molecule has 0 unspecified atom stereocenters. The van der Waals surface area contributed by atoms with Gasteiger partial charge in [0.05, 0.1) is 11.4 Å². The molecule has 12 aromatic rings. The summed E-state index contributed by atoms with van der Waals surface area (Å²) in [7, 11) is 0. The highest BCUT2D eigenvalue weighted by molar-refractivity contribution is 6.27. The van der Waals surface area contributed by atoms with E-state index in [2.05, 4.69) is 188 Å². The second kappa shape index (κ2) is 15.3. The van der Waals surface area contributed by atoms with Crippen LogP contribution < -0.4 is 0 Å². The highest BCUT2D eigenvalue weighted by atomic mass is 16.3. The van der Waals surface area contributed by atoms with Gasteiger partial charge in [-0.05, 0) is 83.9 Å². The molecule has 3 nitrogen and oxygen atoms in total. The van der Waals surface area contributed by atoms with Gasteiger partial charge in [-0.15, -0.1) is 0 Å². The summed E-state index contributed by atoms with van der Waals surface area (Å²) in [5.41, 5.74) is 13.7. The predicted octanol–water partition coefficient (Wildman–Crippen LogP) is 16.4. The molecule has 3 heteroatoms. The number of hydrogen-bond acceptors (Lipinski definition) is 3. The summed E-state index contributed by atoms with van der Waals surface area (Å²) in [6.07, 6.45) is 0. The first-order valence-corrected chi connectivity index (χ1v) is 21.4. The Balaban J connectivity index is 0.944. The fourth-order valence-electron chi connectivity index (χ4n) is 9.31. The summed E-state index contributed by atoms with van der Waals surface area (Å²) in [4.78, 5) is 10.3. The Morgan fingerprint density at radius 2 is 0.825 bits per heavy atom. The van der Waals surface area contributed by atoms with E-state index in [9.17, 15) is 0 Å². The fraction of sp³-hybridized carbons (Fsp3) is 0. The van der Waals surface area contributed by atoms with Crippen molar-refractivity contribution < 1.29 is 4.42 Å². The maximum absolute atomic E-state index is 6.37. The molecule has 0 aliphatic rings. The molecule has 0 saturated carbocycles. The van der Waals surface area contributed by atoms with Crippen LogP contribution in [0.4, 0.5) is 0 Å². The van der Waals surface area contributed by atoms with E-state index in [4.69, 9.17) is 14.4 Å². The van der Waals surface area contributed by atoms with E-state index in [1.54, 1.807) is 0 Å². The summed E-state index contributed by atoms with van der Waals surface area (Å²) < 4.78 is 6.37. The molecule has 0 saturated heterocycles. The van der Waals surface area contributed by atoms with Crippen LogP contribution in [0.25, 0.3) is 122 Å². The van der Waals surface area contributed by atoms with Gasteiger partial charge in [0.25, 0.3) is 0 Å². The highest BCUT2D eigenvalue weighted by Crippen LogP contribution is 2.46. The molecule has 0 radical (unpaired) electrons. The largest absolute Gasteiger partial charge is 0.456 e. The van der Waals surface area contributed by atoms with Crippen molar-refractivity contribution in [1.82, 2.24) is 9.97 Å². The number of hydrogen-bond donors (Lipinski definition) is 0. The second-order valence-corrected chi connectivity index (χ2v) is 16.0. The van der Waals surface area contributed by atoms with Gasteiger partial charge in [-0.1, -0.05) is 212 Å². The lowest BCUT2D eigenvalue weighted by molar-refractivity contribution is 0.632. The number of para-hydroxylation sites is 1. The molecular formula is C60H38N2O. The van der Waals surface area contributed by atoms with E-state index in [-0.39, 0.29) is 0 Å². The molecule has 2 aromatic heterocycles. The van der Waals surface area contributed by atoms with Crippen LogP contribution >= 0.6 is 0 Å². The molecule has 2 heterocycles.